The highest BCUT2D eigenvalue weighted by molar-refractivity contribution is 6.09. The van der Waals surface area contributed by atoms with E-state index >= 15 is 0 Å². The Morgan fingerprint density at radius 1 is 1.40 bits per heavy atom. The molecule has 0 atom stereocenters. The van der Waals surface area contributed by atoms with Crippen molar-refractivity contribution in [2.75, 3.05) is 5.32 Å². The summed E-state index contributed by atoms with van der Waals surface area (Å²) < 4.78 is 1.39. The van der Waals surface area contributed by atoms with Crippen LogP contribution in [0.3, 0.4) is 0 Å². The lowest BCUT2D eigenvalue weighted by Crippen LogP contribution is -2.20. The summed E-state index contributed by atoms with van der Waals surface area (Å²) in [6.45, 7) is 0. The van der Waals surface area contributed by atoms with Gasteiger partial charge in [0.15, 0.2) is 5.84 Å². The average Bonchev–Trinajstić information content (AvgIpc) is 2.80. The van der Waals surface area contributed by atoms with Crippen LogP contribution in [-0.2, 0) is 7.05 Å². The number of carbonyl (C=O) groups excluding carboxylic acids is 1. The number of oxime groups is 1. The number of carbonyl (C=O) groups is 1. The maximum absolute atomic E-state index is 12.1. The van der Waals surface area contributed by atoms with Gasteiger partial charge in [-0.25, -0.2) is 0 Å². The third-order valence-corrected chi connectivity index (χ3v) is 2.68. The molecule has 0 radical (unpaired) electrons. The molecule has 1 amide bonds. The number of aryl methyl sites for hydroxylation is 1. The monoisotopic (exact) mass is 275 g/mol. The van der Waals surface area contributed by atoms with Gasteiger partial charge in [-0.3, -0.25) is 9.48 Å². The average molecular weight is 275 g/mol. The summed E-state index contributed by atoms with van der Waals surface area (Å²) in [5, 5.41) is 27.3. The molecule has 1 aromatic heterocycles. The summed E-state index contributed by atoms with van der Waals surface area (Å²) >= 11 is 0. The Bertz CT molecular complexity index is 660. The SMILES string of the molecule is Cn1ncc(C(N)=NO)c1NC(=O)c1ccc(O)cc1. The number of hydrogen-bond acceptors (Lipinski definition) is 5. The normalized spacial score (nSPS) is 11.3. The molecule has 0 aliphatic heterocycles. The van der Waals surface area contributed by atoms with Crippen LogP contribution in [0, 0.1) is 0 Å². The minimum Gasteiger partial charge on any atom is -0.508 e. The number of hydrogen-bond donors (Lipinski definition) is 4. The van der Waals surface area contributed by atoms with E-state index in [-0.39, 0.29) is 11.6 Å². The molecule has 2 aromatic rings. The van der Waals surface area contributed by atoms with Gasteiger partial charge in [0.1, 0.15) is 11.6 Å². The van der Waals surface area contributed by atoms with Gasteiger partial charge in [0, 0.05) is 12.6 Å². The van der Waals surface area contributed by atoms with Crippen molar-refractivity contribution in [3.8, 4) is 5.75 Å². The highest BCUT2D eigenvalue weighted by Gasteiger charge is 2.16. The second-order valence-electron chi connectivity index (χ2n) is 4.02. The first kappa shape index (κ1) is 13.4. The minimum atomic E-state index is -0.402. The number of aromatic nitrogens is 2. The standard InChI is InChI=1S/C12H13N5O3/c1-17-11(9(6-14-17)10(13)16-20)15-12(19)7-2-4-8(18)5-3-7/h2-6,18,20H,1H3,(H2,13,16)(H,15,19). The maximum Gasteiger partial charge on any atom is 0.256 e. The van der Waals surface area contributed by atoms with Crippen LogP contribution in [0.15, 0.2) is 35.6 Å². The van der Waals surface area contributed by atoms with E-state index in [1.54, 1.807) is 7.05 Å². The van der Waals surface area contributed by atoms with E-state index in [0.29, 0.717) is 16.9 Å². The van der Waals surface area contributed by atoms with Crippen LogP contribution in [0.5, 0.6) is 5.75 Å². The zero-order chi connectivity index (χ0) is 14.7. The zero-order valence-corrected chi connectivity index (χ0v) is 10.6. The Labute approximate surface area is 114 Å². The lowest BCUT2D eigenvalue weighted by molar-refractivity contribution is 0.102. The lowest BCUT2D eigenvalue weighted by Gasteiger charge is -2.08. The summed E-state index contributed by atoms with van der Waals surface area (Å²) in [4.78, 5) is 12.1. The van der Waals surface area contributed by atoms with E-state index < -0.39 is 5.91 Å². The van der Waals surface area contributed by atoms with E-state index in [9.17, 15) is 9.90 Å². The Balaban J connectivity index is 2.28. The molecule has 0 saturated carbocycles. The Morgan fingerprint density at radius 2 is 2.05 bits per heavy atom. The number of nitrogens with one attached hydrogen (secondary N) is 1. The van der Waals surface area contributed by atoms with Gasteiger partial charge >= 0.3 is 0 Å². The van der Waals surface area contributed by atoms with E-state index in [1.165, 1.54) is 35.1 Å². The van der Waals surface area contributed by atoms with Gasteiger partial charge in [-0.05, 0) is 24.3 Å². The number of amides is 1. The minimum absolute atomic E-state index is 0.0689. The van der Waals surface area contributed by atoms with Crippen molar-refractivity contribution in [1.82, 2.24) is 9.78 Å². The first-order valence-corrected chi connectivity index (χ1v) is 5.63. The fraction of sp³-hybridized carbons (Fsp3) is 0.0833. The molecule has 8 nitrogen and oxygen atoms in total. The van der Waals surface area contributed by atoms with Crippen molar-refractivity contribution in [2.24, 2.45) is 17.9 Å². The molecular formula is C12H13N5O3. The van der Waals surface area contributed by atoms with Gasteiger partial charge in [-0.15, -0.1) is 0 Å². The number of rotatable bonds is 3. The van der Waals surface area contributed by atoms with Gasteiger partial charge in [0.25, 0.3) is 5.91 Å². The number of nitrogens with two attached hydrogens (primary N) is 1. The number of amidine groups is 1. The van der Waals surface area contributed by atoms with Gasteiger partial charge in [-0.2, -0.15) is 5.10 Å². The molecule has 0 saturated heterocycles. The molecule has 2 rings (SSSR count). The first-order chi connectivity index (χ1) is 9.52. The van der Waals surface area contributed by atoms with Crippen LogP contribution in [-0.4, -0.2) is 31.8 Å². The van der Waals surface area contributed by atoms with Crippen molar-refractivity contribution < 1.29 is 15.1 Å². The quantitative estimate of drug-likeness (QED) is 0.280. The van der Waals surface area contributed by atoms with Crippen LogP contribution >= 0.6 is 0 Å². The number of nitrogens with zero attached hydrogens (tertiary/aromatic N) is 3. The van der Waals surface area contributed by atoms with Gasteiger partial charge < -0.3 is 21.4 Å². The molecule has 0 aliphatic carbocycles. The fourth-order valence-corrected chi connectivity index (χ4v) is 1.62. The molecule has 1 aromatic carbocycles. The van der Waals surface area contributed by atoms with Crippen LogP contribution in [0.25, 0.3) is 0 Å². The van der Waals surface area contributed by atoms with Crippen molar-refractivity contribution >= 4 is 17.6 Å². The van der Waals surface area contributed by atoms with Gasteiger partial charge in [0.05, 0.1) is 11.8 Å². The van der Waals surface area contributed by atoms with Gasteiger partial charge in [0.2, 0.25) is 0 Å². The van der Waals surface area contributed by atoms with Gasteiger partial charge in [-0.1, -0.05) is 5.16 Å². The third-order valence-electron chi connectivity index (χ3n) is 2.68. The molecular weight excluding hydrogens is 262 g/mol. The first-order valence-electron chi connectivity index (χ1n) is 5.63. The molecule has 0 unspecified atom stereocenters. The van der Waals surface area contributed by atoms with Crippen LogP contribution < -0.4 is 11.1 Å². The predicted octanol–water partition coefficient (Wildman–Crippen LogP) is 0.472. The number of phenols is 1. The van der Waals surface area contributed by atoms with E-state index in [0.717, 1.165) is 0 Å². The van der Waals surface area contributed by atoms with Crippen molar-refractivity contribution in [3.05, 3.63) is 41.6 Å². The van der Waals surface area contributed by atoms with Crippen LogP contribution in [0.1, 0.15) is 15.9 Å². The summed E-state index contributed by atoms with van der Waals surface area (Å²) in [6.07, 6.45) is 1.38. The summed E-state index contributed by atoms with van der Waals surface area (Å²) in [6, 6.07) is 5.76. The van der Waals surface area contributed by atoms with Crippen molar-refractivity contribution in [2.45, 2.75) is 0 Å². The molecule has 20 heavy (non-hydrogen) atoms. The largest absolute Gasteiger partial charge is 0.508 e. The fourth-order valence-electron chi connectivity index (χ4n) is 1.62. The molecule has 0 bridgehead atoms. The Kier molecular flexibility index (Phi) is 3.56. The highest BCUT2D eigenvalue weighted by Crippen LogP contribution is 2.16. The zero-order valence-electron chi connectivity index (χ0n) is 10.6. The molecule has 5 N–H and O–H groups in total. The Morgan fingerprint density at radius 3 is 2.65 bits per heavy atom. The second kappa shape index (κ2) is 5.31. The number of anilines is 1. The van der Waals surface area contributed by atoms with E-state index in [2.05, 4.69) is 15.6 Å². The lowest BCUT2D eigenvalue weighted by atomic mass is 10.2. The summed E-state index contributed by atoms with van der Waals surface area (Å²) in [7, 11) is 1.61. The highest BCUT2D eigenvalue weighted by atomic mass is 16.4. The van der Waals surface area contributed by atoms with Crippen LogP contribution in [0.4, 0.5) is 5.82 Å². The molecule has 8 heteroatoms. The van der Waals surface area contributed by atoms with Crippen LogP contribution in [0.2, 0.25) is 0 Å². The third kappa shape index (κ3) is 2.53. The van der Waals surface area contributed by atoms with E-state index in [1.807, 2.05) is 0 Å². The molecule has 1 heterocycles. The smallest absolute Gasteiger partial charge is 0.256 e. The second-order valence-corrected chi connectivity index (χ2v) is 4.02. The van der Waals surface area contributed by atoms with Crippen molar-refractivity contribution in [3.63, 3.8) is 0 Å². The number of benzene rings is 1. The molecule has 0 spiro atoms. The van der Waals surface area contributed by atoms with Crippen molar-refractivity contribution in [1.29, 1.82) is 0 Å². The van der Waals surface area contributed by atoms with E-state index in [4.69, 9.17) is 10.9 Å². The number of aromatic hydroxyl groups is 1. The summed E-state index contributed by atoms with van der Waals surface area (Å²) in [5.41, 5.74) is 6.17. The molecule has 0 aliphatic rings. The number of phenolic OH excluding ortho intramolecular Hbond substituents is 1. The maximum atomic E-state index is 12.1. The topological polar surface area (TPSA) is 126 Å². The predicted molar refractivity (Wildman–Crippen MR) is 71.8 cm³/mol. The molecule has 104 valence electrons. The molecule has 0 fully saturated rings. The summed E-state index contributed by atoms with van der Waals surface area (Å²) in [5.74, 6) is -0.183. The Hall–Kier alpha value is -3.03.